The lowest BCUT2D eigenvalue weighted by atomic mass is 10.0. The quantitative estimate of drug-likeness (QED) is 0.553. The van der Waals surface area contributed by atoms with Gasteiger partial charge in [-0.3, -0.25) is 9.48 Å². The SMILES string of the molecule is Cn1cc(CNC(=O)NCC(C)(O)CC(=O)O)cn1. The molecule has 8 nitrogen and oxygen atoms in total. The third-order valence-electron chi connectivity index (χ3n) is 2.37. The van der Waals surface area contributed by atoms with Gasteiger partial charge in [0.2, 0.25) is 0 Å². The van der Waals surface area contributed by atoms with E-state index in [1.54, 1.807) is 24.1 Å². The van der Waals surface area contributed by atoms with Crippen LogP contribution in [0.5, 0.6) is 0 Å². The molecule has 1 heterocycles. The van der Waals surface area contributed by atoms with Gasteiger partial charge in [-0.15, -0.1) is 0 Å². The molecule has 1 aromatic rings. The first-order chi connectivity index (χ1) is 8.78. The Labute approximate surface area is 110 Å². The summed E-state index contributed by atoms with van der Waals surface area (Å²) in [5.41, 5.74) is -0.632. The fraction of sp³-hybridized carbons (Fsp3) is 0.545. The molecule has 0 radical (unpaired) electrons. The summed E-state index contributed by atoms with van der Waals surface area (Å²) in [5, 5.41) is 27.2. The molecule has 1 atom stereocenters. The van der Waals surface area contributed by atoms with Gasteiger partial charge in [0.25, 0.3) is 0 Å². The van der Waals surface area contributed by atoms with Crippen LogP contribution in [-0.2, 0) is 18.4 Å². The lowest BCUT2D eigenvalue weighted by Crippen LogP contribution is -2.45. The molecule has 0 bridgehead atoms. The fourth-order valence-corrected chi connectivity index (χ4v) is 1.47. The van der Waals surface area contributed by atoms with Gasteiger partial charge in [0.15, 0.2) is 0 Å². The average Bonchev–Trinajstić information content (AvgIpc) is 2.68. The van der Waals surface area contributed by atoms with Crippen molar-refractivity contribution in [2.45, 2.75) is 25.5 Å². The number of aliphatic carboxylic acids is 1. The van der Waals surface area contributed by atoms with Crippen LogP contribution in [0.3, 0.4) is 0 Å². The number of aryl methyl sites for hydroxylation is 1. The van der Waals surface area contributed by atoms with Gasteiger partial charge in [-0.1, -0.05) is 0 Å². The molecule has 4 N–H and O–H groups in total. The van der Waals surface area contributed by atoms with E-state index in [4.69, 9.17) is 5.11 Å². The van der Waals surface area contributed by atoms with E-state index in [9.17, 15) is 14.7 Å². The summed E-state index contributed by atoms with van der Waals surface area (Å²) >= 11 is 0. The lowest BCUT2D eigenvalue weighted by Gasteiger charge is -2.21. The minimum atomic E-state index is -1.47. The molecule has 0 aliphatic heterocycles. The Hall–Kier alpha value is -2.09. The number of hydrogen-bond donors (Lipinski definition) is 4. The van der Waals surface area contributed by atoms with Gasteiger partial charge in [-0.2, -0.15) is 5.10 Å². The standard InChI is InChI=1S/C11H18N4O4/c1-11(19,3-9(16)17)7-13-10(18)12-4-8-5-14-15(2)6-8/h5-6,19H,3-4,7H2,1-2H3,(H,16,17)(H2,12,13,18). The first-order valence-electron chi connectivity index (χ1n) is 5.72. The molecule has 0 spiro atoms. The smallest absolute Gasteiger partial charge is 0.315 e. The molecular weight excluding hydrogens is 252 g/mol. The fourth-order valence-electron chi connectivity index (χ4n) is 1.47. The highest BCUT2D eigenvalue weighted by Gasteiger charge is 2.24. The van der Waals surface area contributed by atoms with Crippen LogP contribution in [0.15, 0.2) is 12.4 Å². The summed E-state index contributed by atoms with van der Waals surface area (Å²) in [4.78, 5) is 21.9. The van der Waals surface area contributed by atoms with Crippen LogP contribution in [-0.4, -0.2) is 44.1 Å². The molecule has 19 heavy (non-hydrogen) atoms. The summed E-state index contributed by atoms with van der Waals surface area (Å²) in [7, 11) is 1.77. The Morgan fingerprint density at radius 2 is 2.16 bits per heavy atom. The Morgan fingerprint density at radius 3 is 2.68 bits per heavy atom. The second-order valence-electron chi connectivity index (χ2n) is 4.63. The summed E-state index contributed by atoms with van der Waals surface area (Å²) in [5.74, 6) is -1.12. The highest BCUT2D eigenvalue weighted by atomic mass is 16.4. The zero-order chi connectivity index (χ0) is 14.5. The summed E-state index contributed by atoms with van der Waals surface area (Å²) < 4.78 is 1.62. The minimum absolute atomic E-state index is 0.141. The van der Waals surface area contributed by atoms with Gasteiger partial charge < -0.3 is 20.8 Å². The Bertz CT molecular complexity index is 455. The third kappa shape index (κ3) is 5.87. The summed E-state index contributed by atoms with van der Waals surface area (Å²) in [6, 6.07) is -0.477. The first kappa shape index (κ1) is 15.0. The topological polar surface area (TPSA) is 116 Å². The van der Waals surface area contributed by atoms with Crippen LogP contribution in [0.2, 0.25) is 0 Å². The van der Waals surface area contributed by atoms with Crippen LogP contribution >= 0.6 is 0 Å². The molecule has 8 heteroatoms. The van der Waals surface area contributed by atoms with Gasteiger partial charge in [0.05, 0.1) is 18.2 Å². The zero-order valence-electron chi connectivity index (χ0n) is 10.9. The second-order valence-corrected chi connectivity index (χ2v) is 4.63. The van der Waals surface area contributed by atoms with Crippen LogP contribution < -0.4 is 10.6 Å². The van der Waals surface area contributed by atoms with E-state index < -0.39 is 24.0 Å². The number of carbonyl (C=O) groups is 2. The van der Waals surface area contributed by atoms with Gasteiger partial charge in [0.1, 0.15) is 0 Å². The van der Waals surface area contributed by atoms with Gasteiger partial charge in [-0.05, 0) is 6.92 Å². The minimum Gasteiger partial charge on any atom is -0.481 e. The van der Waals surface area contributed by atoms with Crippen molar-refractivity contribution in [2.75, 3.05) is 6.54 Å². The Morgan fingerprint density at radius 1 is 1.47 bits per heavy atom. The van der Waals surface area contributed by atoms with E-state index >= 15 is 0 Å². The van der Waals surface area contributed by atoms with Crippen LogP contribution in [0, 0.1) is 0 Å². The number of aliphatic hydroxyl groups is 1. The average molecular weight is 270 g/mol. The number of hydrogen-bond acceptors (Lipinski definition) is 4. The maximum absolute atomic E-state index is 11.4. The molecule has 0 saturated heterocycles. The van der Waals surface area contributed by atoms with Crippen molar-refractivity contribution < 1.29 is 19.8 Å². The molecule has 1 unspecified atom stereocenters. The molecule has 0 aliphatic rings. The van der Waals surface area contributed by atoms with Crippen LogP contribution in [0.1, 0.15) is 18.9 Å². The van der Waals surface area contributed by atoms with Crippen molar-refractivity contribution >= 4 is 12.0 Å². The Kier molecular flexibility index (Phi) is 4.87. The van der Waals surface area contributed by atoms with E-state index in [-0.39, 0.29) is 6.54 Å². The maximum atomic E-state index is 11.4. The molecule has 0 saturated carbocycles. The van der Waals surface area contributed by atoms with Crippen LogP contribution in [0.4, 0.5) is 4.79 Å². The van der Waals surface area contributed by atoms with Crippen molar-refractivity contribution in [3.63, 3.8) is 0 Å². The van der Waals surface area contributed by atoms with E-state index in [0.29, 0.717) is 6.54 Å². The number of carboxylic acids is 1. The monoisotopic (exact) mass is 270 g/mol. The molecule has 1 rings (SSSR count). The number of carbonyl (C=O) groups excluding carboxylic acids is 1. The number of amides is 2. The molecule has 2 amide bonds. The zero-order valence-corrected chi connectivity index (χ0v) is 10.9. The molecule has 0 fully saturated rings. The largest absolute Gasteiger partial charge is 0.481 e. The van der Waals surface area contributed by atoms with Crippen LogP contribution in [0.25, 0.3) is 0 Å². The van der Waals surface area contributed by atoms with Gasteiger partial charge in [0, 0.05) is 31.9 Å². The van der Waals surface area contributed by atoms with Crippen molar-refractivity contribution in [2.24, 2.45) is 7.05 Å². The molecule has 1 aromatic heterocycles. The molecular formula is C11H18N4O4. The first-order valence-corrected chi connectivity index (χ1v) is 5.72. The Balaban J connectivity index is 2.30. The normalized spacial score (nSPS) is 13.6. The number of rotatable bonds is 6. The van der Waals surface area contributed by atoms with Crippen molar-refractivity contribution in [3.05, 3.63) is 18.0 Å². The van der Waals surface area contributed by atoms with Gasteiger partial charge >= 0.3 is 12.0 Å². The molecule has 0 aliphatic carbocycles. The van der Waals surface area contributed by atoms with Gasteiger partial charge in [-0.25, -0.2) is 4.79 Å². The van der Waals surface area contributed by atoms with Crippen molar-refractivity contribution in [3.8, 4) is 0 Å². The van der Waals surface area contributed by atoms with Crippen molar-refractivity contribution in [1.29, 1.82) is 0 Å². The lowest BCUT2D eigenvalue weighted by molar-refractivity contribution is -0.141. The predicted octanol–water partition coefficient (Wildman–Crippen LogP) is -0.555. The number of nitrogens with one attached hydrogen (secondary N) is 2. The second kappa shape index (κ2) is 6.19. The highest BCUT2D eigenvalue weighted by molar-refractivity contribution is 5.74. The van der Waals surface area contributed by atoms with E-state index in [2.05, 4.69) is 15.7 Å². The maximum Gasteiger partial charge on any atom is 0.315 e. The highest BCUT2D eigenvalue weighted by Crippen LogP contribution is 2.07. The number of urea groups is 1. The summed E-state index contributed by atoms with van der Waals surface area (Å²) in [6.45, 7) is 1.52. The molecule has 106 valence electrons. The van der Waals surface area contributed by atoms with E-state index in [0.717, 1.165) is 5.56 Å². The summed E-state index contributed by atoms with van der Waals surface area (Å²) in [6.07, 6.45) is 2.96. The third-order valence-corrected chi connectivity index (χ3v) is 2.37. The number of aromatic nitrogens is 2. The number of nitrogens with zero attached hydrogens (tertiary/aromatic N) is 2. The predicted molar refractivity (Wildman–Crippen MR) is 66.3 cm³/mol. The van der Waals surface area contributed by atoms with E-state index in [1.807, 2.05) is 0 Å². The van der Waals surface area contributed by atoms with E-state index in [1.165, 1.54) is 6.92 Å². The molecule has 0 aromatic carbocycles. The number of carboxylic acid groups (broad SMARTS) is 1. The van der Waals surface area contributed by atoms with Crippen molar-refractivity contribution in [1.82, 2.24) is 20.4 Å².